The molecule has 0 aliphatic heterocycles. The first-order valence-corrected chi connectivity index (χ1v) is 11.2. The van der Waals surface area contributed by atoms with Crippen molar-refractivity contribution in [3.63, 3.8) is 0 Å². The van der Waals surface area contributed by atoms with E-state index in [0.717, 1.165) is 19.0 Å². The molecule has 1 saturated carbocycles. The van der Waals surface area contributed by atoms with Crippen molar-refractivity contribution in [3.8, 4) is 0 Å². The average molecular weight is 370 g/mol. The van der Waals surface area contributed by atoms with Gasteiger partial charge in [0.05, 0.1) is 12.3 Å². The zero-order valence-electron chi connectivity index (χ0n) is 14.4. The number of aliphatic imine (C=N–C) groups is 1. The van der Waals surface area contributed by atoms with E-state index in [2.05, 4.69) is 34.9 Å². The fourth-order valence-electron chi connectivity index (χ4n) is 2.28. The summed E-state index contributed by atoms with van der Waals surface area (Å²) in [4.78, 5) is 5.99. The Morgan fingerprint density at radius 1 is 1.25 bits per heavy atom. The number of rotatable bonds is 9. The minimum absolute atomic E-state index is 0.202. The van der Waals surface area contributed by atoms with Crippen LogP contribution in [0, 0.1) is 0 Å². The number of guanidine groups is 1. The van der Waals surface area contributed by atoms with Crippen molar-refractivity contribution in [2.45, 2.75) is 35.8 Å². The molecule has 24 heavy (non-hydrogen) atoms. The Hall–Kier alpha value is -1.21. The van der Waals surface area contributed by atoms with Crippen molar-refractivity contribution in [1.29, 1.82) is 0 Å². The lowest BCUT2D eigenvalue weighted by Gasteiger charge is -2.15. The summed E-state index contributed by atoms with van der Waals surface area (Å²) in [5.74, 6) is 0.971. The molecule has 1 aromatic rings. The molecular formula is C17H27N3O2S2. The first-order chi connectivity index (χ1) is 11.4. The number of nitrogens with one attached hydrogen (secondary N) is 2. The molecule has 0 amide bonds. The second-order valence-corrected chi connectivity index (χ2v) is 10.0. The van der Waals surface area contributed by atoms with Crippen LogP contribution < -0.4 is 10.6 Å². The van der Waals surface area contributed by atoms with Gasteiger partial charge in [-0.25, -0.2) is 8.42 Å². The predicted molar refractivity (Wildman–Crippen MR) is 103 cm³/mol. The van der Waals surface area contributed by atoms with Crippen LogP contribution in [-0.4, -0.2) is 50.8 Å². The van der Waals surface area contributed by atoms with E-state index in [-0.39, 0.29) is 10.5 Å². The number of benzene rings is 1. The number of hydrogen-bond acceptors (Lipinski definition) is 4. The Morgan fingerprint density at radius 2 is 1.96 bits per heavy atom. The first-order valence-electron chi connectivity index (χ1n) is 8.36. The van der Waals surface area contributed by atoms with Gasteiger partial charge in [0.2, 0.25) is 0 Å². The molecule has 0 aromatic heterocycles. The Bertz CT molecular complexity index is 641. The molecule has 1 aromatic carbocycles. The predicted octanol–water partition coefficient (Wildman–Crippen LogP) is 2.30. The Labute approximate surface area is 149 Å². The van der Waals surface area contributed by atoms with Crippen molar-refractivity contribution in [2.75, 3.05) is 31.6 Å². The number of thioether (sulfide) groups is 1. The van der Waals surface area contributed by atoms with Crippen LogP contribution in [0.5, 0.6) is 0 Å². The zero-order valence-corrected chi connectivity index (χ0v) is 16.0. The van der Waals surface area contributed by atoms with Crippen LogP contribution in [-0.2, 0) is 9.84 Å². The van der Waals surface area contributed by atoms with Crippen LogP contribution in [0.2, 0.25) is 0 Å². The third-order valence-corrected chi connectivity index (χ3v) is 6.25. The van der Waals surface area contributed by atoms with Crippen LogP contribution in [0.3, 0.4) is 0 Å². The summed E-state index contributed by atoms with van der Waals surface area (Å²) < 4.78 is 22.5. The lowest BCUT2D eigenvalue weighted by molar-refractivity contribution is 0.598. The summed E-state index contributed by atoms with van der Waals surface area (Å²) in [5.41, 5.74) is 0. The Morgan fingerprint density at radius 3 is 2.54 bits per heavy atom. The molecule has 0 spiro atoms. The highest BCUT2D eigenvalue weighted by Crippen LogP contribution is 2.51. The molecule has 0 heterocycles. The quantitative estimate of drug-likeness (QED) is 0.397. The molecule has 1 aliphatic rings. The SMILES string of the molecule is CCNC(=NCC1(Sc2ccccc2)CC1)NCCCS(C)(=O)=O. The average Bonchev–Trinajstić information content (AvgIpc) is 3.29. The van der Waals surface area contributed by atoms with Gasteiger partial charge >= 0.3 is 0 Å². The molecular weight excluding hydrogens is 342 g/mol. The lowest BCUT2D eigenvalue weighted by Crippen LogP contribution is -2.38. The van der Waals surface area contributed by atoms with Crippen LogP contribution in [0.15, 0.2) is 40.2 Å². The van der Waals surface area contributed by atoms with Gasteiger partial charge in [-0.05, 0) is 38.3 Å². The van der Waals surface area contributed by atoms with Gasteiger partial charge in [-0.3, -0.25) is 4.99 Å². The molecule has 0 bridgehead atoms. The van der Waals surface area contributed by atoms with Gasteiger partial charge in [-0.15, -0.1) is 11.8 Å². The molecule has 0 atom stereocenters. The summed E-state index contributed by atoms with van der Waals surface area (Å²) >= 11 is 1.91. The van der Waals surface area contributed by atoms with Gasteiger partial charge in [0.25, 0.3) is 0 Å². The highest BCUT2D eigenvalue weighted by Gasteiger charge is 2.43. The van der Waals surface area contributed by atoms with E-state index in [1.165, 1.54) is 24.0 Å². The van der Waals surface area contributed by atoms with E-state index < -0.39 is 9.84 Å². The van der Waals surface area contributed by atoms with Gasteiger partial charge in [-0.1, -0.05) is 18.2 Å². The molecule has 0 saturated heterocycles. The minimum Gasteiger partial charge on any atom is -0.357 e. The first kappa shape index (κ1) is 19.1. The third kappa shape index (κ3) is 7.13. The highest BCUT2D eigenvalue weighted by atomic mass is 32.2. The molecule has 1 fully saturated rings. The van der Waals surface area contributed by atoms with Crippen molar-refractivity contribution < 1.29 is 8.42 Å². The Balaban J connectivity index is 1.84. The molecule has 134 valence electrons. The summed E-state index contributed by atoms with van der Waals surface area (Å²) in [7, 11) is -2.90. The van der Waals surface area contributed by atoms with Crippen molar-refractivity contribution in [2.24, 2.45) is 4.99 Å². The molecule has 0 unspecified atom stereocenters. The largest absolute Gasteiger partial charge is 0.357 e. The van der Waals surface area contributed by atoms with E-state index in [1.807, 2.05) is 24.8 Å². The molecule has 2 N–H and O–H groups in total. The van der Waals surface area contributed by atoms with E-state index in [4.69, 9.17) is 4.99 Å². The van der Waals surface area contributed by atoms with E-state index >= 15 is 0 Å². The van der Waals surface area contributed by atoms with E-state index in [0.29, 0.717) is 13.0 Å². The maximum absolute atomic E-state index is 11.2. The van der Waals surface area contributed by atoms with E-state index in [1.54, 1.807) is 0 Å². The number of hydrogen-bond donors (Lipinski definition) is 2. The second kappa shape index (κ2) is 8.76. The van der Waals surface area contributed by atoms with Crippen molar-refractivity contribution in [1.82, 2.24) is 10.6 Å². The van der Waals surface area contributed by atoms with Crippen LogP contribution in [0.4, 0.5) is 0 Å². The second-order valence-electron chi connectivity index (χ2n) is 6.20. The summed E-state index contributed by atoms with van der Waals surface area (Å²) in [6.45, 7) is 4.20. The van der Waals surface area contributed by atoms with Crippen LogP contribution in [0.25, 0.3) is 0 Å². The highest BCUT2D eigenvalue weighted by molar-refractivity contribution is 8.01. The zero-order chi connectivity index (χ0) is 17.5. The minimum atomic E-state index is -2.90. The van der Waals surface area contributed by atoms with Gasteiger partial charge in [-0.2, -0.15) is 0 Å². The summed E-state index contributed by atoms with van der Waals surface area (Å²) in [5, 5.41) is 6.45. The van der Waals surface area contributed by atoms with Crippen molar-refractivity contribution >= 4 is 27.6 Å². The standard InChI is InChI=1S/C17H27N3O2S2/c1-3-18-16(19-12-7-13-24(2,21)22)20-14-17(10-11-17)23-15-8-5-4-6-9-15/h4-6,8-9H,3,7,10-14H2,1-2H3,(H2,18,19,20). The summed E-state index contributed by atoms with van der Waals surface area (Å²) in [6.07, 6.45) is 4.23. The number of nitrogens with zero attached hydrogens (tertiary/aromatic N) is 1. The van der Waals surface area contributed by atoms with Gasteiger partial charge in [0, 0.05) is 29.0 Å². The third-order valence-electron chi connectivity index (χ3n) is 3.74. The van der Waals surface area contributed by atoms with Crippen LogP contribution >= 0.6 is 11.8 Å². The topological polar surface area (TPSA) is 70.6 Å². The monoisotopic (exact) mass is 369 g/mol. The molecule has 2 rings (SSSR count). The lowest BCUT2D eigenvalue weighted by atomic mass is 10.4. The normalized spacial score (nSPS) is 16.7. The smallest absolute Gasteiger partial charge is 0.191 e. The fraction of sp³-hybridized carbons (Fsp3) is 0.588. The Kier molecular flexibility index (Phi) is 6.98. The fourth-order valence-corrected chi connectivity index (χ4v) is 4.17. The van der Waals surface area contributed by atoms with Gasteiger partial charge in [0.1, 0.15) is 9.84 Å². The molecule has 7 heteroatoms. The van der Waals surface area contributed by atoms with Gasteiger partial charge < -0.3 is 10.6 Å². The maximum atomic E-state index is 11.2. The molecule has 1 aliphatic carbocycles. The van der Waals surface area contributed by atoms with Crippen molar-refractivity contribution in [3.05, 3.63) is 30.3 Å². The van der Waals surface area contributed by atoms with Gasteiger partial charge in [0.15, 0.2) is 5.96 Å². The number of sulfone groups is 1. The molecule has 5 nitrogen and oxygen atoms in total. The van der Waals surface area contributed by atoms with E-state index in [9.17, 15) is 8.42 Å². The molecule has 0 radical (unpaired) electrons. The van der Waals surface area contributed by atoms with Crippen LogP contribution in [0.1, 0.15) is 26.2 Å². The maximum Gasteiger partial charge on any atom is 0.191 e. The summed E-state index contributed by atoms with van der Waals surface area (Å²) in [6, 6.07) is 10.4.